The summed E-state index contributed by atoms with van der Waals surface area (Å²) in [6, 6.07) is -0.726. The van der Waals surface area contributed by atoms with Crippen molar-refractivity contribution in [1.82, 2.24) is 5.32 Å². The van der Waals surface area contributed by atoms with Crippen LogP contribution in [0.5, 0.6) is 0 Å². The summed E-state index contributed by atoms with van der Waals surface area (Å²) in [6.07, 6.45) is 23.7. The molecule has 1 rings (SSSR count). The van der Waals surface area contributed by atoms with Crippen LogP contribution in [0.3, 0.4) is 0 Å². The van der Waals surface area contributed by atoms with Crippen LogP contribution < -0.4 is 5.32 Å². The second-order valence-electron chi connectivity index (χ2n) is 13.7. The number of aliphatic hydroxyl groups is 5. The monoisotopic (exact) mass is 672 g/mol. The number of hydrogen-bond donors (Lipinski definition) is 6. The lowest BCUT2D eigenvalue weighted by atomic mass is 9.99. The summed E-state index contributed by atoms with van der Waals surface area (Å²) in [4.78, 5) is 12.9. The molecule has 1 fully saturated rings. The fourth-order valence-electron chi connectivity index (χ4n) is 6.15. The molecular weight excluding hydrogens is 598 g/mol. The van der Waals surface area contributed by atoms with Crippen molar-refractivity contribution in [2.75, 3.05) is 13.2 Å². The number of ether oxygens (including phenoxy) is 2. The maximum Gasteiger partial charge on any atom is 0.220 e. The lowest BCUT2D eigenvalue weighted by Crippen LogP contribution is -2.60. The number of allylic oxidation sites excluding steroid dienone is 2. The van der Waals surface area contributed by atoms with E-state index in [0.29, 0.717) is 12.8 Å². The van der Waals surface area contributed by atoms with Crippen molar-refractivity contribution in [2.45, 2.75) is 211 Å². The zero-order valence-corrected chi connectivity index (χ0v) is 30.0. The van der Waals surface area contributed by atoms with Gasteiger partial charge in [0.05, 0.1) is 25.4 Å². The number of unbranched alkanes of at least 4 members (excludes halogenated alkanes) is 19. The van der Waals surface area contributed by atoms with Gasteiger partial charge in [-0.25, -0.2) is 0 Å². The van der Waals surface area contributed by atoms with Crippen LogP contribution in [0.2, 0.25) is 0 Å². The van der Waals surface area contributed by atoms with Crippen molar-refractivity contribution in [3.63, 3.8) is 0 Å². The molecule has 1 amide bonds. The lowest BCUT2D eigenvalue weighted by Gasteiger charge is -2.40. The van der Waals surface area contributed by atoms with E-state index in [4.69, 9.17) is 9.47 Å². The van der Waals surface area contributed by atoms with Gasteiger partial charge in [0.2, 0.25) is 5.91 Å². The van der Waals surface area contributed by atoms with Crippen LogP contribution in [0.1, 0.15) is 168 Å². The number of amides is 1. The quantitative estimate of drug-likeness (QED) is 0.0357. The highest BCUT2D eigenvalue weighted by molar-refractivity contribution is 5.76. The second-order valence-corrected chi connectivity index (χ2v) is 13.7. The minimum Gasteiger partial charge on any atom is -0.394 e. The van der Waals surface area contributed by atoms with Crippen LogP contribution in [0, 0.1) is 0 Å². The largest absolute Gasteiger partial charge is 0.394 e. The Labute approximate surface area is 286 Å². The summed E-state index contributed by atoms with van der Waals surface area (Å²) in [5.41, 5.74) is 0. The van der Waals surface area contributed by atoms with Gasteiger partial charge in [-0.2, -0.15) is 0 Å². The van der Waals surface area contributed by atoms with Crippen LogP contribution >= 0.6 is 0 Å². The predicted molar refractivity (Wildman–Crippen MR) is 189 cm³/mol. The number of rotatable bonds is 31. The van der Waals surface area contributed by atoms with Gasteiger partial charge in [-0.1, -0.05) is 135 Å². The number of aliphatic hydroxyl groups excluding tert-OH is 5. The molecule has 1 heterocycles. The molecule has 0 spiro atoms. The Morgan fingerprint density at radius 3 is 1.72 bits per heavy atom. The van der Waals surface area contributed by atoms with Gasteiger partial charge < -0.3 is 40.3 Å². The SMILES string of the molecule is CCCCCC/C=C/CCCC[C@@H](O)[C@H](CO[C@H]1O[C@@H](CO)[C@H](O)C(O)C1O)NC(=O)CCCCCCCCCCCCCCCC. The maximum absolute atomic E-state index is 12.9. The van der Waals surface area contributed by atoms with Gasteiger partial charge in [0.1, 0.15) is 24.4 Å². The molecule has 6 N–H and O–H groups in total. The van der Waals surface area contributed by atoms with Crippen molar-refractivity contribution in [2.24, 2.45) is 0 Å². The van der Waals surface area contributed by atoms with Crippen molar-refractivity contribution in [3.05, 3.63) is 12.2 Å². The van der Waals surface area contributed by atoms with Crippen molar-refractivity contribution in [1.29, 1.82) is 0 Å². The molecule has 0 saturated carbocycles. The minimum absolute atomic E-state index is 0.147. The predicted octanol–water partition coefficient (Wildman–Crippen LogP) is 6.61. The average molecular weight is 672 g/mol. The Balaban J connectivity index is 2.42. The summed E-state index contributed by atoms with van der Waals surface area (Å²) < 4.78 is 11.2. The van der Waals surface area contributed by atoms with E-state index in [0.717, 1.165) is 44.9 Å². The summed E-state index contributed by atoms with van der Waals surface area (Å²) in [5.74, 6) is -0.156. The Hall–Kier alpha value is -1.07. The standard InChI is InChI=1S/C38H73NO8/c1-3-5-7-9-11-13-15-16-17-18-20-22-24-26-28-34(42)39-31(30-46-38-37(45)36(44)35(43)33(29-40)47-38)32(41)27-25-23-21-19-14-12-10-8-6-4-2/h14,19,31-33,35-38,40-41,43-45H,3-13,15-18,20-30H2,1-2H3,(H,39,42)/b19-14+/t31-,32+,33-,35-,36?,37?,38-/m0/s1. The van der Waals surface area contributed by atoms with Crippen LogP contribution in [0.4, 0.5) is 0 Å². The van der Waals surface area contributed by atoms with E-state index >= 15 is 0 Å². The molecule has 2 unspecified atom stereocenters. The van der Waals surface area contributed by atoms with E-state index in [-0.39, 0.29) is 12.5 Å². The van der Waals surface area contributed by atoms with Crippen LogP contribution in [0.25, 0.3) is 0 Å². The number of hydrogen-bond acceptors (Lipinski definition) is 8. The molecule has 0 aromatic carbocycles. The Morgan fingerprint density at radius 1 is 0.702 bits per heavy atom. The molecule has 0 radical (unpaired) electrons. The van der Waals surface area contributed by atoms with Gasteiger partial charge in [0.15, 0.2) is 6.29 Å². The minimum atomic E-state index is -1.55. The van der Waals surface area contributed by atoms with E-state index in [1.807, 2.05) is 0 Å². The normalized spacial score (nSPS) is 22.9. The Morgan fingerprint density at radius 2 is 1.19 bits per heavy atom. The smallest absolute Gasteiger partial charge is 0.220 e. The van der Waals surface area contributed by atoms with Crippen molar-refractivity contribution in [3.8, 4) is 0 Å². The highest BCUT2D eigenvalue weighted by atomic mass is 16.7. The van der Waals surface area contributed by atoms with Gasteiger partial charge in [-0.3, -0.25) is 4.79 Å². The van der Waals surface area contributed by atoms with E-state index in [1.165, 1.54) is 96.3 Å². The number of nitrogens with one attached hydrogen (secondary N) is 1. The first-order valence-electron chi connectivity index (χ1n) is 19.4. The van der Waals surface area contributed by atoms with E-state index < -0.39 is 49.5 Å². The Kier molecular flexibility index (Phi) is 27.9. The first-order chi connectivity index (χ1) is 22.8. The van der Waals surface area contributed by atoms with E-state index in [2.05, 4.69) is 31.3 Å². The molecular formula is C38H73NO8. The summed E-state index contributed by atoms with van der Waals surface area (Å²) in [6.45, 7) is 3.76. The topological polar surface area (TPSA) is 149 Å². The van der Waals surface area contributed by atoms with Crippen molar-refractivity contribution >= 4 is 5.91 Å². The molecule has 0 aromatic rings. The molecule has 0 aromatic heterocycles. The molecule has 9 heteroatoms. The lowest BCUT2D eigenvalue weighted by molar-refractivity contribution is -0.302. The van der Waals surface area contributed by atoms with Crippen LogP contribution in [0.15, 0.2) is 12.2 Å². The Bertz CT molecular complexity index is 751. The zero-order valence-electron chi connectivity index (χ0n) is 30.0. The molecule has 9 nitrogen and oxygen atoms in total. The third-order valence-corrected chi connectivity index (χ3v) is 9.37. The summed E-state index contributed by atoms with van der Waals surface area (Å²) >= 11 is 0. The number of carbonyl (C=O) groups excluding carboxylic acids is 1. The molecule has 1 aliphatic rings. The van der Waals surface area contributed by atoms with E-state index in [9.17, 15) is 30.3 Å². The third kappa shape index (κ3) is 21.6. The van der Waals surface area contributed by atoms with Gasteiger partial charge in [-0.15, -0.1) is 0 Å². The number of carbonyl (C=O) groups is 1. The first-order valence-corrected chi connectivity index (χ1v) is 19.4. The molecule has 1 saturated heterocycles. The summed E-state index contributed by atoms with van der Waals surface area (Å²) in [7, 11) is 0. The first kappa shape index (κ1) is 44.0. The van der Waals surface area contributed by atoms with Gasteiger partial charge >= 0.3 is 0 Å². The molecule has 7 atom stereocenters. The molecule has 47 heavy (non-hydrogen) atoms. The van der Waals surface area contributed by atoms with Crippen LogP contribution in [-0.2, 0) is 14.3 Å². The van der Waals surface area contributed by atoms with Crippen molar-refractivity contribution < 1.29 is 39.8 Å². The fourth-order valence-corrected chi connectivity index (χ4v) is 6.15. The van der Waals surface area contributed by atoms with Gasteiger partial charge in [0, 0.05) is 6.42 Å². The third-order valence-electron chi connectivity index (χ3n) is 9.37. The van der Waals surface area contributed by atoms with Gasteiger partial charge in [0.25, 0.3) is 0 Å². The second kappa shape index (κ2) is 29.8. The molecule has 278 valence electrons. The highest BCUT2D eigenvalue weighted by Gasteiger charge is 2.44. The molecule has 0 aliphatic carbocycles. The summed E-state index contributed by atoms with van der Waals surface area (Å²) in [5, 5.41) is 53.9. The zero-order chi connectivity index (χ0) is 34.5. The average Bonchev–Trinajstić information content (AvgIpc) is 3.07. The van der Waals surface area contributed by atoms with Gasteiger partial charge in [-0.05, 0) is 38.5 Å². The van der Waals surface area contributed by atoms with E-state index in [1.54, 1.807) is 0 Å². The fraction of sp³-hybridized carbons (Fsp3) is 0.921. The molecule has 1 aliphatic heterocycles. The molecule has 0 bridgehead atoms. The maximum atomic E-state index is 12.9. The van der Waals surface area contributed by atoms with Crippen LogP contribution in [-0.4, -0.2) is 87.5 Å². The highest BCUT2D eigenvalue weighted by Crippen LogP contribution is 2.23.